The molecule has 0 heterocycles. The number of nitrogens with one attached hydrogen (secondary N) is 2. The summed E-state index contributed by atoms with van der Waals surface area (Å²) < 4.78 is 0. The molecule has 0 aliphatic heterocycles. The SMILES string of the molecule is CN(C)c1cc(NC(=O)CNC(C)(C)C)c(O)c2c1CC1C[C@@H]3[C@@]4(O)C(=O)C(C(N)=O)=C(O)[C@]3(O)C1(C2=O)C4=O. The Labute approximate surface area is 229 Å². The maximum Gasteiger partial charge on any atom is 0.256 e. The number of primary amides is 1. The molecule has 2 amide bonds. The van der Waals surface area contributed by atoms with E-state index in [1.54, 1.807) is 19.0 Å². The molecule has 13 nitrogen and oxygen atoms in total. The highest BCUT2D eigenvalue weighted by Crippen LogP contribution is 2.73. The van der Waals surface area contributed by atoms with E-state index in [9.17, 15) is 44.4 Å². The average molecular weight is 557 g/mol. The van der Waals surface area contributed by atoms with Crippen LogP contribution in [0.2, 0.25) is 0 Å². The Morgan fingerprint density at radius 2 is 1.75 bits per heavy atom. The molecule has 2 unspecified atom stereocenters. The normalized spacial score (nSPS) is 32.2. The van der Waals surface area contributed by atoms with Crippen molar-refractivity contribution in [3.05, 3.63) is 28.5 Å². The highest BCUT2D eigenvalue weighted by atomic mass is 16.4. The number of phenols is 1. The number of fused-ring (bicyclic) bond motifs is 1. The minimum absolute atomic E-state index is 0.0596. The first-order chi connectivity index (χ1) is 18.4. The van der Waals surface area contributed by atoms with Gasteiger partial charge in [0.15, 0.2) is 17.2 Å². The van der Waals surface area contributed by atoms with Crippen molar-refractivity contribution >= 4 is 40.5 Å². The summed E-state index contributed by atoms with van der Waals surface area (Å²) in [5.41, 5.74) is -4.44. The molecular weight excluding hydrogens is 524 g/mol. The number of benzene rings is 1. The maximum atomic E-state index is 14.4. The number of anilines is 2. The molecule has 2 saturated carbocycles. The maximum absolute atomic E-state index is 14.4. The van der Waals surface area contributed by atoms with Gasteiger partial charge in [-0.25, -0.2) is 0 Å². The van der Waals surface area contributed by atoms with E-state index in [0.29, 0.717) is 11.3 Å². The van der Waals surface area contributed by atoms with E-state index >= 15 is 0 Å². The third-order valence-corrected chi connectivity index (χ3v) is 8.82. The van der Waals surface area contributed by atoms with Crippen molar-refractivity contribution in [2.45, 2.75) is 50.4 Å². The minimum atomic E-state index is -2.97. The van der Waals surface area contributed by atoms with Gasteiger partial charge in [0, 0.05) is 31.2 Å². The molecule has 40 heavy (non-hydrogen) atoms. The number of amides is 2. The summed E-state index contributed by atoms with van der Waals surface area (Å²) in [6, 6.07) is 1.48. The van der Waals surface area contributed by atoms with Crippen molar-refractivity contribution < 1.29 is 44.4 Å². The molecule has 1 aromatic rings. The Morgan fingerprint density at radius 1 is 1.12 bits per heavy atom. The Morgan fingerprint density at radius 3 is 2.30 bits per heavy atom. The van der Waals surface area contributed by atoms with Crippen molar-refractivity contribution in [1.29, 1.82) is 0 Å². The topological polar surface area (TPSA) is 220 Å². The standard InChI is InChI=1S/C27H32N4O9/c1-24(2,3)29-9-15(32)30-12-8-13(31(4)5)11-6-10-7-14-26(39)20(35)17(22(28)37)21(36)27(14,40)25(10,23(26)38)19(34)16(11)18(12)33/h8,10,14,29,33,36,39-40H,6-7,9H2,1-5H3,(H2,28,37)(H,30,32)/t10?,14-,25?,26-,27+/m1/s1. The number of aliphatic hydroxyl groups is 3. The monoisotopic (exact) mass is 556 g/mol. The molecule has 4 bridgehead atoms. The van der Waals surface area contributed by atoms with Crippen LogP contribution in [0.5, 0.6) is 5.75 Å². The molecule has 4 aliphatic rings. The van der Waals surface area contributed by atoms with Gasteiger partial charge in [-0.3, -0.25) is 24.0 Å². The Balaban J connectivity index is 1.71. The average Bonchev–Trinajstić information content (AvgIpc) is 3.18. The van der Waals surface area contributed by atoms with Gasteiger partial charge in [0.05, 0.1) is 17.8 Å². The first-order valence-corrected chi connectivity index (χ1v) is 12.8. The number of ketones is 3. The van der Waals surface area contributed by atoms with E-state index in [1.807, 2.05) is 20.8 Å². The van der Waals surface area contributed by atoms with Gasteiger partial charge >= 0.3 is 0 Å². The second kappa shape index (κ2) is 8.12. The van der Waals surface area contributed by atoms with Gasteiger partial charge in [0.1, 0.15) is 28.1 Å². The van der Waals surface area contributed by atoms with E-state index in [0.717, 1.165) is 0 Å². The number of rotatable bonds is 5. The molecule has 1 spiro atoms. The first kappa shape index (κ1) is 27.7. The van der Waals surface area contributed by atoms with E-state index in [2.05, 4.69) is 10.6 Å². The summed E-state index contributed by atoms with van der Waals surface area (Å²) >= 11 is 0. The van der Waals surface area contributed by atoms with Gasteiger partial charge in [-0.05, 0) is 51.2 Å². The van der Waals surface area contributed by atoms with Crippen LogP contribution in [0.4, 0.5) is 11.4 Å². The first-order valence-electron chi connectivity index (χ1n) is 12.8. The molecule has 0 saturated heterocycles. The molecular formula is C27H32N4O9. The zero-order valence-corrected chi connectivity index (χ0v) is 22.7. The summed E-state index contributed by atoms with van der Waals surface area (Å²) in [5.74, 6) is -10.5. The van der Waals surface area contributed by atoms with E-state index in [-0.39, 0.29) is 30.6 Å². The second-order valence-corrected chi connectivity index (χ2v) is 12.3. The molecule has 0 radical (unpaired) electrons. The van der Waals surface area contributed by atoms with Crippen LogP contribution in [0.1, 0.15) is 43.1 Å². The van der Waals surface area contributed by atoms with Crippen LogP contribution in [0.15, 0.2) is 17.4 Å². The fraction of sp³-hybridized carbons (Fsp3) is 0.519. The highest BCUT2D eigenvalue weighted by Gasteiger charge is 2.90. The smallest absolute Gasteiger partial charge is 0.256 e. The Hall–Kier alpha value is -3.81. The van der Waals surface area contributed by atoms with Gasteiger partial charge in [-0.15, -0.1) is 0 Å². The number of nitrogens with zero attached hydrogens (tertiary/aromatic N) is 1. The number of hydrogen-bond donors (Lipinski definition) is 7. The molecule has 214 valence electrons. The van der Waals surface area contributed by atoms with Crippen LogP contribution < -0.4 is 21.3 Å². The van der Waals surface area contributed by atoms with Crippen molar-refractivity contribution in [1.82, 2.24) is 5.32 Å². The van der Waals surface area contributed by atoms with Crippen LogP contribution in [0, 0.1) is 17.3 Å². The fourth-order valence-electron chi connectivity index (χ4n) is 7.16. The van der Waals surface area contributed by atoms with Gasteiger partial charge < -0.3 is 41.7 Å². The third kappa shape index (κ3) is 3.05. The molecule has 8 N–H and O–H groups in total. The molecule has 5 atom stereocenters. The van der Waals surface area contributed by atoms with Crippen LogP contribution in [0.25, 0.3) is 0 Å². The van der Waals surface area contributed by atoms with Crippen molar-refractivity contribution in [2.24, 2.45) is 23.0 Å². The number of aliphatic hydroxyl groups excluding tert-OH is 1. The lowest BCUT2D eigenvalue weighted by molar-refractivity contribution is -0.158. The number of phenolic OH excluding ortho intramolecular Hbond substituents is 1. The van der Waals surface area contributed by atoms with Crippen molar-refractivity contribution in [3.63, 3.8) is 0 Å². The Bertz CT molecular complexity index is 1470. The van der Waals surface area contributed by atoms with Gasteiger partial charge in [0.2, 0.25) is 11.7 Å². The van der Waals surface area contributed by atoms with Gasteiger partial charge in [0.25, 0.3) is 5.91 Å². The quantitative estimate of drug-likeness (QED) is 0.133. The lowest BCUT2D eigenvalue weighted by atomic mass is 9.58. The molecule has 2 fully saturated rings. The summed E-state index contributed by atoms with van der Waals surface area (Å²) in [4.78, 5) is 67.9. The van der Waals surface area contributed by atoms with Crippen LogP contribution in [-0.2, 0) is 25.6 Å². The van der Waals surface area contributed by atoms with E-state index in [1.165, 1.54) is 6.07 Å². The van der Waals surface area contributed by atoms with Gasteiger partial charge in [-0.1, -0.05) is 0 Å². The van der Waals surface area contributed by atoms with Crippen LogP contribution in [0.3, 0.4) is 0 Å². The second-order valence-electron chi connectivity index (χ2n) is 12.3. The summed E-state index contributed by atoms with van der Waals surface area (Å²) in [5, 5.41) is 51.2. The lowest BCUT2D eigenvalue weighted by Crippen LogP contribution is -2.60. The molecule has 0 aromatic heterocycles. The van der Waals surface area contributed by atoms with Gasteiger partial charge in [-0.2, -0.15) is 0 Å². The van der Waals surface area contributed by atoms with Crippen LogP contribution in [-0.4, -0.2) is 87.0 Å². The number of hydrogen-bond acceptors (Lipinski definition) is 11. The van der Waals surface area contributed by atoms with Crippen molar-refractivity contribution in [2.75, 3.05) is 30.9 Å². The summed E-state index contributed by atoms with van der Waals surface area (Å²) in [7, 11) is 3.35. The number of carbonyl (C=O) groups is 5. The number of nitrogens with two attached hydrogens (primary N) is 1. The number of aromatic hydroxyl groups is 1. The molecule has 4 aliphatic carbocycles. The number of carbonyl (C=O) groups excluding carboxylic acids is 5. The minimum Gasteiger partial charge on any atom is -0.508 e. The largest absolute Gasteiger partial charge is 0.508 e. The summed E-state index contributed by atoms with van der Waals surface area (Å²) in [6.07, 6.45) is -0.272. The Kier molecular flexibility index (Phi) is 5.63. The van der Waals surface area contributed by atoms with E-state index in [4.69, 9.17) is 5.73 Å². The van der Waals surface area contributed by atoms with Crippen molar-refractivity contribution in [3.8, 4) is 5.75 Å². The fourth-order valence-corrected chi connectivity index (χ4v) is 7.16. The predicted octanol–water partition coefficient (Wildman–Crippen LogP) is -0.929. The zero-order chi connectivity index (χ0) is 29.9. The van der Waals surface area contributed by atoms with E-state index < -0.39 is 80.3 Å². The highest BCUT2D eigenvalue weighted by molar-refractivity contribution is 6.37. The molecule has 1 aromatic carbocycles. The van der Waals surface area contributed by atoms with Crippen LogP contribution >= 0.6 is 0 Å². The predicted molar refractivity (Wildman–Crippen MR) is 140 cm³/mol. The number of Topliss-reactive ketones (excluding diaryl/α,β-unsaturated/α-hetero) is 3. The summed E-state index contributed by atoms with van der Waals surface area (Å²) in [6.45, 7) is 5.45. The molecule has 5 rings (SSSR count). The lowest BCUT2D eigenvalue weighted by Gasteiger charge is -2.43. The zero-order valence-electron chi connectivity index (χ0n) is 22.7. The third-order valence-electron chi connectivity index (χ3n) is 8.82. The molecule has 13 heteroatoms.